The zero-order valence-corrected chi connectivity index (χ0v) is 15.3. The predicted molar refractivity (Wildman–Crippen MR) is 92.7 cm³/mol. The first-order valence-corrected chi connectivity index (χ1v) is 9.53. The van der Waals surface area contributed by atoms with Crippen molar-refractivity contribution in [3.8, 4) is 0 Å². The first-order valence-electron chi connectivity index (χ1n) is 9.53. The molecule has 1 N–H and O–H groups in total. The number of piperidine rings is 1. The highest BCUT2D eigenvalue weighted by molar-refractivity contribution is 5.81. The third-order valence-corrected chi connectivity index (χ3v) is 5.95. The summed E-state index contributed by atoms with van der Waals surface area (Å²) in [5.74, 6) is 0.0209. The maximum atomic E-state index is 13.0. The molecule has 1 saturated heterocycles. The van der Waals surface area contributed by atoms with Gasteiger partial charge >= 0.3 is 5.97 Å². The van der Waals surface area contributed by atoms with E-state index in [1.165, 1.54) is 39.2 Å². The monoisotopic (exact) mass is 339 g/mol. The maximum Gasteiger partial charge on any atom is 0.313 e. The van der Waals surface area contributed by atoms with Gasteiger partial charge in [-0.2, -0.15) is 0 Å². The molecule has 2 unspecified atom stereocenters. The Morgan fingerprint density at radius 2 is 1.96 bits per heavy atom. The number of hydrogen-bond acceptors (Lipinski definition) is 3. The molecule has 2 fully saturated rings. The smallest absolute Gasteiger partial charge is 0.313 e. The Morgan fingerprint density at radius 3 is 2.54 bits per heavy atom. The Labute approximate surface area is 145 Å². The summed E-state index contributed by atoms with van der Waals surface area (Å²) < 4.78 is 5.16. The van der Waals surface area contributed by atoms with Crippen LogP contribution in [0.1, 0.15) is 64.7 Å². The zero-order valence-electron chi connectivity index (χ0n) is 15.3. The van der Waals surface area contributed by atoms with E-state index in [1.807, 2.05) is 0 Å². The number of carboxylic acid groups (broad SMARTS) is 1. The van der Waals surface area contributed by atoms with Crippen molar-refractivity contribution in [1.82, 2.24) is 4.90 Å². The number of likely N-dealkylation sites (tertiary alicyclic amines) is 1. The highest BCUT2D eigenvalue weighted by Gasteiger charge is 2.44. The summed E-state index contributed by atoms with van der Waals surface area (Å²) in [4.78, 5) is 26.6. The van der Waals surface area contributed by atoms with Crippen LogP contribution in [-0.4, -0.2) is 48.7 Å². The van der Waals surface area contributed by atoms with Gasteiger partial charge in [0.15, 0.2) is 0 Å². The molecule has 2 atom stereocenters. The minimum Gasteiger partial charge on any atom is -0.481 e. The second kappa shape index (κ2) is 8.84. The van der Waals surface area contributed by atoms with Crippen molar-refractivity contribution < 1.29 is 19.4 Å². The normalized spacial score (nSPS) is 27.0. The van der Waals surface area contributed by atoms with Gasteiger partial charge in [-0.25, -0.2) is 0 Å². The first-order chi connectivity index (χ1) is 11.5. The van der Waals surface area contributed by atoms with Crippen LogP contribution in [0, 0.1) is 17.3 Å². The van der Waals surface area contributed by atoms with Crippen LogP contribution in [0.5, 0.6) is 0 Å². The van der Waals surface area contributed by atoms with Crippen LogP contribution in [-0.2, 0) is 14.3 Å². The van der Waals surface area contributed by atoms with Crippen molar-refractivity contribution in [3.63, 3.8) is 0 Å². The standard InChI is InChI=1S/C19H33NO4/c1-3-16(12-15-8-5-4-6-9-15)17(21)20-11-7-10-19(13-20,14-24-2)18(22)23/h15-16H,3-14H2,1-2H3,(H,22,23). The van der Waals surface area contributed by atoms with Crippen LogP contribution in [0.2, 0.25) is 0 Å². The quantitative estimate of drug-likeness (QED) is 0.772. The van der Waals surface area contributed by atoms with Gasteiger partial charge in [0.2, 0.25) is 5.91 Å². The minimum absolute atomic E-state index is 0.0419. The number of aliphatic carboxylic acids is 1. The fraction of sp³-hybridized carbons (Fsp3) is 0.895. The van der Waals surface area contributed by atoms with E-state index in [2.05, 4.69) is 6.92 Å². The highest BCUT2D eigenvalue weighted by atomic mass is 16.5. The SMILES string of the molecule is CCC(CC1CCCCC1)C(=O)N1CCCC(COC)(C(=O)O)C1. The summed E-state index contributed by atoms with van der Waals surface area (Å²) in [5, 5.41) is 9.66. The molecule has 138 valence electrons. The average Bonchev–Trinajstić information content (AvgIpc) is 2.60. The predicted octanol–water partition coefficient (Wildman–Crippen LogP) is 3.32. The molecule has 1 aliphatic carbocycles. The fourth-order valence-electron chi connectivity index (χ4n) is 4.48. The van der Waals surface area contributed by atoms with Crippen LogP contribution >= 0.6 is 0 Å². The van der Waals surface area contributed by atoms with Gasteiger partial charge in [0.25, 0.3) is 0 Å². The molecular formula is C19H33NO4. The third kappa shape index (κ3) is 4.50. The molecule has 5 heteroatoms. The number of amides is 1. The first kappa shape index (κ1) is 19.2. The van der Waals surface area contributed by atoms with Gasteiger partial charge in [0.1, 0.15) is 5.41 Å². The third-order valence-electron chi connectivity index (χ3n) is 5.95. The van der Waals surface area contributed by atoms with E-state index in [4.69, 9.17) is 4.74 Å². The van der Waals surface area contributed by atoms with Crippen molar-refractivity contribution in [1.29, 1.82) is 0 Å². The van der Waals surface area contributed by atoms with E-state index < -0.39 is 11.4 Å². The van der Waals surface area contributed by atoms with Crippen molar-refractivity contribution in [2.75, 3.05) is 26.8 Å². The van der Waals surface area contributed by atoms with E-state index >= 15 is 0 Å². The van der Waals surface area contributed by atoms with Gasteiger partial charge in [-0.05, 0) is 31.6 Å². The van der Waals surface area contributed by atoms with Crippen molar-refractivity contribution in [2.45, 2.75) is 64.7 Å². The van der Waals surface area contributed by atoms with E-state index in [0.29, 0.717) is 18.9 Å². The number of carbonyl (C=O) groups is 2. The van der Waals surface area contributed by atoms with Gasteiger partial charge < -0.3 is 14.7 Å². The van der Waals surface area contributed by atoms with Gasteiger partial charge in [0.05, 0.1) is 6.61 Å². The number of hydrogen-bond donors (Lipinski definition) is 1. The Balaban J connectivity index is 2.01. The summed E-state index contributed by atoms with van der Waals surface area (Å²) >= 11 is 0. The summed E-state index contributed by atoms with van der Waals surface area (Å²) in [6.45, 7) is 3.22. The molecule has 24 heavy (non-hydrogen) atoms. The number of rotatable bonds is 7. The molecule has 1 aliphatic heterocycles. The lowest BCUT2D eigenvalue weighted by atomic mass is 9.78. The number of ether oxygens (including phenoxy) is 1. The summed E-state index contributed by atoms with van der Waals surface area (Å²) in [7, 11) is 1.53. The number of carbonyl (C=O) groups excluding carboxylic acids is 1. The van der Waals surface area contributed by atoms with Gasteiger partial charge in [0, 0.05) is 26.1 Å². The zero-order chi connectivity index (χ0) is 17.6. The molecule has 0 bridgehead atoms. The Morgan fingerprint density at radius 1 is 1.25 bits per heavy atom. The molecule has 0 aromatic rings. The fourth-order valence-corrected chi connectivity index (χ4v) is 4.48. The topological polar surface area (TPSA) is 66.8 Å². The Hall–Kier alpha value is -1.10. The second-order valence-corrected chi connectivity index (χ2v) is 7.73. The Kier molecular flexibility index (Phi) is 7.08. The lowest BCUT2D eigenvalue weighted by molar-refractivity contribution is -0.160. The Bertz CT molecular complexity index is 429. The summed E-state index contributed by atoms with van der Waals surface area (Å²) in [5.41, 5.74) is -0.939. The van der Waals surface area contributed by atoms with Crippen LogP contribution in [0.3, 0.4) is 0 Å². The summed E-state index contributed by atoms with van der Waals surface area (Å²) in [6, 6.07) is 0. The maximum absolute atomic E-state index is 13.0. The molecular weight excluding hydrogens is 306 g/mol. The molecule has 1 amide bonds. The molecule has 0 aromatic heterocycles. The number of carboxylic acids is 1. The van der Waals surface area contributed by atoms with Crippen LogP contribution in [0.15, 0.2) is 0 Å². The highest BCUT2D eigenvalue weighted by Crippen LogP contribution is 2.34. The molecule has 1 heterocycles. The van der Waals surface area contributed by atoms with E-state index in [0.717, 1.165) is 19.3 Å². The van der Waals surface area contributed by atoms with Crippen LogP contribution in [0.4, 0.5) is 0 Å². The molecule has 1 saturated carbocycles. The van der Waals surface area contributed by atoms with E-state index in [1.54, 1.807) is 4.90 Å². The number of methoxy groups -OCH3 is 1. The average molecular weight is 339 g/mol. The van der Waals surface area contributed by atoms with Crippen molar-refractivity contribution in [3.05, 3.63) is 0 Å². The summed E-state index contributed by atoms with van der Waals surface area (Å²) in [6.07, 6.45) is 9.52. The van der Waals surface area contributed by atoms with Gasteiger partial charge in [-0.15, -0.1) is 0 Å². The molecule has 0 radical (unpaired) electrons. The largest absolute Gasteiger partial charge is 0.481 e. The van der Waals surface area contributed by atoms with Gasteiger partial charge in [-0.1, -0.05) is 39.0 Å². The van der Waals surface area contributed by atoms with E-state index in [-0.39, 0.29) is 25.0 Å². The molecule has 0 aromatic carbocycles. The lowest BCUT2D eigenvalue weighted by Crippen LogP contribution is -2.53. The second-order valence-electron chi connectivity index (χ2n) is 7.73. The molecule has 0 spiro atoms. The van der Waals surface area contributed by atoms with E-state index in [9.17, 15) is 14.7 Å². The van der Waals surface area contributed by atoms with Gasteiger partial charge in [-0.3, -0.25) is 9.59 Å². The minimum atomic E-state index is -0.939. The van der Waals surface area contributed by atoms with Crippen LogP contribution in [0.25, 0.3) is 0 Å². The van der Waals surface area contributed by atoms with Crippen molar-refractivity contribution >= 4 is 11.9 Å². The molecule has 5 nitrogen and oxygen atoms in total. The molecule has 2 rings (SSSR count). The molecule has 2 aliphatic rings. The number of nitrogens with zero attached hydrogens (tertiary/aromatic N) is 1. The van der Waals surface area contributed by atoms with Crippen molar-refractivity contribution in [2.24, 2.45) is 17.3 Å². The lowest BCUT2D eigenvalue weighted by Gasteiger charge is -2.41. The van der Waals surface area contributed by atoms with Crippen LogP contribution < -0.4 is 0 Å².